The van der Waals surface area contributed by atoms with Crippen LogP contribution in [0.3, 0.4) is 0 Å². The van der Waals surface area contributed by atoms with Crippen LogP contribution in [0.5, 0.6) is 0 Å². The third kappa shape index (κ3) is 5.99. The molecule has 3 aromatic carbocycles. The van der Waals surface area contributed by atoms with Gasteiger partial charge in [0, 0.05) is 29.3 Å². The van der Waals surface area contributed by atoms with Crippen LogP contribution in [-0.2, 0) is 9.59 Å². The van der Waals surface area contributed by atoms with E-state index in [1.54, 1.807) is 24.3 Å². The van der Waals surface area contributed by atoms with Gasteiger partial charge in [-0.1, -0.05) is 84.4 Å². The second kappa shape index (κ2) is 12.8. The number of carboxylic acids is 2. The summed E-state index contributed by atoms with van der Waals surface area (Å²) < 4.78 is 45.2. The summed E-state index contributed by atoms with van der Waals surface area (Å²) in [5, 5.41) is 33.7. The number of hydrogen-bond donors (Lipinski definition) is 3. The highest BCUT2D eigenvalue weighted by Gasteiger charge is 2.72. The molecular formula is C33H32ClF3N2O4. The number of nitrogens with one attached hydrogen (secondary N) is 1. The summed E-state index contributed by atoms with van der Waals surface area (Å²) in [6.45, 7) is 1.31. The van der Waals surface area contributed by atoms with Crippen molar-refractivity contribution in [1.29, 1.82) is 5.26 Å². The molecule has 0 aromatic heterocycles. The lowest BCUT2D eigenvalue weighted by atomic mass is 9.48. The van der Waals surface area contributed by atoms with Crippen molar-refractivity contribution in [2.75, 3.05) is 0 Å². The van der Waals surface area contributed by atoms with Gasteiger partial charge >= 0.3 is 18.1 Å². The molecule has 5 unspecified atom stereocenters. The largest absolute Gasteiger partial charge is 0.481 e. The van der Waals surface area contributed by atoms with E-state index in [0.29, 0.717) is 0 Å². The maximum atomic E-state index is 15.1. The number of aliphatic carboxylic acids is 2. The van der Waals surface area contributed by atoms with Crippen LogP contribution in [0.2, 0.25) is 5.02 Å². The minimum absolute atomic E-state index is 0.0337. The Labute approximate surface area is 253 Å². The molecule has 3 N–H and O–H groups in total. The quantitative estimate of drug-likeness (QED) is 0.220. The molecule has 4 rings (SSSR count). The first kappa shape index (κ1) is 32.1. The molecule has 0 aliphatic carbocycles. The number of alkyl halides is 3. The van der Waals surface area contributed by atoms with E-state index < -0.39 is 59.3 Å². The number of carbonyl (C=O) groups is 2. The average molecular weight is 613 g/mol. The Balaban J connectivity index is 2.01. The van der Waals surface area contributed by atoms with Crippen molar-refractivity contribution >= 4 is 23.5 Å². The fraction of sp³-hybridized carbons (Fsp3) is 0.364. The maximum absolute atomic E-state index is 15.1. The molecule has 43 heavy (non-hydrogen) atoms. The smallest absolute Gasteiger partial charge is 0.405 e. The Kier molecular flexibility index (Phi) is 9.53. The van der Waals surface area contributed by atoms with Crippen molar-refractivity contribution < 1.29 is 33.0 Å². The predicted molar refractivity (Wildman–Crippen MR) is 156 cm³/mol. The van der Waals surface area contributed by atoms with Crippen LogP contribution in [0.1, 0.15) is 61.1 Å². The summed E-state index contributed by atoms with van der Waals surface area (Å²) in [6.07, 6.45) is -6.30. The van der Waals surface area contributed by atoms with Crippen LogP contribution < -0.4 is 5.32 Å². The third-order valence-corrected chi connectivity index (χ3v) is 9.18. The Morgan fingerprint density at radius 2 is 1.49 bits per heavy atom. The van der Waals surface area contributed by atoms with Gasteiger partial charge in [0.1, 0.15) is 6.04 Å². The second-order valence-electron chi connectivity index (χ2n) is 11.1. The molecule has 3 aromatic rings. The summed E-state index contributed by atoms with van der Waals surface area (Å²) in [7, 11) is 0. The van der Waals surface area contributed by atoms with Gasteiger partial charge in [-0.15, -0.1) is 0 Å². The van der Waals surface area contributed by atoms with E-state index >= 15 is 13.2 Å². The SMILES string of the molecule is CC1NC(C(F)(F)F)C(CCC(c2ccccc2)c2ccccc2)(C(=O)O)C(c2cccc(Cl)c2)C1(CCC#N)C(=O)O. The second-order valence-corrected chi connectivity index (χ2v) is 11.5. The number of hydrogen-bond acceptors (Lipinski definition) is 4. The third-order valence-electron chi connectivity index (χ3n) is 8.94. The Hall–Kier alpha value is -3.87. The molecule has 0 saturated carbocycles. The van der Waals surface area contributed by atoms with Crippen LogP contribution in [0.15, 0.2) is 84.9 Å². The number of benzene rings is 3. The number of rotatable bonds is 10. The maximum Gasteiger partial charge on any atom is 0.405 e. The first-order valence-electron chi connectivity index (χ1n) is 13.9. The van der Waals surface area contributed by atoms with Gasteiger partial charge in [-0.05, 0) is 55.0 Å². The standard InChI is InChI=1S/C33H32ClF3N2O4/c1-21-31(29(40)41,17-9-19-38)27(24-14-8-15-25(34)20-24)32(30(42)43,28(39-21)33(35,36)37)18-16-26(22-10-4-2-5-11-22)23-12-6-3-7-13-23/h2-8,10-15,20-21,26-28,39H,9,16-18H2,1H3,(H,40,41)(H,42,43). The molecule has 1 saturated heterocycles. The predicted octanol–water partition coefficient (Wildman–Crippen LogP) is 7.40. The van der Waals surface area contributed by atoms with Crippen molar-refractivity contribution in [3.63, 3.8) is 0 Å². The van der Waals surface area contributed by atoms with E-state index in [1.165, 1.54) is 31.2 Å². The lowest BCUT2D eigenvalue weighted by Crippen LogP contribution is -2.73. The van der Waals surface area contributed by atoms with Gasteiger partial charge in [0.25, 0.3) is 0 Å². The van der Waals surface area contributed by atoms with E-state index in [4.69, 9.17) is 11.6 Å². The van der Waals surface area contributed by atoms with Crippen molar-refractivity contribution in [2.45, 2.75) is 62.7 Å². The van der Waals surface area contributed by atoms with Crippen molar-refractivity contribution in [3.05, 3.63) is 107 Å². The van der Waals surface area contributed by atoms with E-state index in [2.05, 4.69) is 5.32 Å². The number of halogens is 4. The average Bonchev–Trinajstić information content (AvgIpc) is 2.97. The zero-order valence-electron chi connectivity index (χ0n) is 23.4. The van der Waals surface area contributed by atoms with E-state index in [0.717, 1.165) is 11.1 Å². The van der Waals surface area contributed by atoms with Crippen molar-refractivity contribution in [1.82, 2.24) is 5.32 Å². The van der Waals surface area contributed by atoms with Crippen molar-refractivity contribution in [3.8, 4) is 6.07 Å². The molecule has 0 bridgehead atoms. The number of nitriles is 1. The van der Waals surface area contributed by atoms with Gasteiger partial charge in [0.15, 0.2) is 0 Å². The molecule has 1 heterocycles. The Bertz CT molecular complexity index is 1440. The monoisotopic (exact) mass is 612 g/mol. The van der Waals surface area contributed by atoms with E-state index in [1.807, 2.05) is 42.5 Å². The first-order valence-corrected chi connectivity index (χ1v) is 14.3. The van der Waals surface area contributed by atoms with Crippen LogP contribution >= 0.6 is 11.6 Å². The van der Waals surface area contributed by atoms with Gasteiger partial charge in [0.05, 0.1) is 16.9 Å². The number of nitrogens with zero attached hydrogens (tertiary/aromatic N) is 1. The highest BCUT2D eigenvalue weighted by atomic mass is 35.5. The van der Waals surface area contributed by atoms with Gasteiger partial charge in [-0.25, -0.2) is 0 Å². The van der Waals surface area contributed by atoms with Crippen LogP contribution in [0, 0.1) is 22.2 Å². The highest BCUT2D eigenvalue weighted by Crippen LogP contribution is 2.62. The summed E-state index contributed by atoms with van der Waals surface area (Å²) in [4.78, 5) is 26.8. The minimum atomic E-state index is -5.06. The van der Waals surface area contributed by atoms with Gasteiger partial charge in [-0.3, -0.25) is 9.59 Å². The molecule has 226 valence electrons. The summed E-state index contributed by atoms with van der Waals surface area (Å²) in [5.41, 5.74) is -3.15. The lowest BCUT2D eigenvalue weighted by Gasteiger charge is -2.58. The molecule has 1 fully saturated rings. The number of piperidine rings is 1. The summed E-state index contributed by atoms with van der Waals surface area (Å²) in [6, 6.07) is 21.8. The molecule has 0 amide bonds. The lowest BCUT2D eigenvalue weighted by molar-refractivity contribution is -0.226. The van der Waals surface area contributed by atoms with Crippen LogP contribution in [0.4, 0.5) is 13.2 Å². The molecule has 10 heteroatoms. The minimum Gasteiger partial charge on any atom is -0.481 e. The summed E-state index contributed by atoms with van der Waals surface area (Å²) in [5.74, 6) is -5.44. The molecule has 1 aliphatic heterocycles. The van der Waals surface area contributed by atoms with Crippen LogP contribution in [0.25, 0.3) is 0 Å². The van der Waals surface area contributed by atoms with Gasteiger partial charge in [0.2, 0.25) is 0 Å². The zero-order chi connectivity index (χ0) is 31.4. The molecule has 6 nitrogen and oxygen atoms in total. The zero-order valence-corrected chi connectivity index (χ0v) is 24.1. The summed E-state index contributed by atoms with van der Waals surface area (Å²) >= 11 is 6.28. The molecule has 0 radical (unpaired) electrons. The fourth-order valence-corrected chi connectivity index (χ4v) is 7.25. The Morgan fingerprint density at radius 3 is 1.95 bits per heavy atom. The van der Waals surface area contributed by atoms with Crippen molar-refractivity contribution in [2.24, 2.45) is 10.8 Å². The topological polar surface area (TPSA) is 110 Å². The molecule has 5 atom stereocenters. The van der Waals surface area contributed by atoms with Crippen LogP contribution in [-0.4, -0.2) is 40.4 Å². The fourth-order valence-electron chi connectivity index (χ4n) is 7.05. The Morgan fingerprint density at radius 1 is 0.930 bits per heavy atom. The highest BCUT2D eigenvalue weighted by molar-refractivity contribution is 6.30. The molecule has 1 aliphatic rings. The molecular weight excluding hydrogens is 581 g/mol. The van der Waals surface area contributed by atoms with E-state index in [9.17, 15) is 25.1 Å². The normalized spacial score (nSPS) is 25.7. The number of carboxylic acid groups (broad SMARTS) is 2. The first-order chi connectivity index (χ1) is 20.4. The van der Waals surface area contributed by atoms with Gasteiger partial charge < -0.3 is 15.5 Å². The van der Waals surface area contributed by atoms with Gasteiger partial charge in [-0.2, -0.15) is 18.4 Å². The van der Waals surface area contributed by atoms with E-state index in [-0.39, 0.29) is 29.8 Å². The molecule has 0 spiro atoms.